The van der Waals surface area contributed by atoms with Crippen molar-refractivity contribution >= 4 is 5.70 Å². The molecule has 0 spiro atoms. The first-order valence-corrected chi connectivity index (χ1v) is 10.9. The molecule has 0 aromatic heterocycles. The Kier molecular flexibility index (Phi) is 21.4. The van der Waals surface area contributed by atoms with E-state index in [-0.39, 0.29) is 0 Å². The van der Waals surface area contributed by atoms with E-state index < -0.39 is 0 Å². The molecule has 0 radical (unpaired) electrons. The molecular weight excluding hydrogens is 338 g/mol. The number of unbranched alkanes of at least 4 members (excludes halogenated alkanes) is 4. The van der Waals surface area contributed by atoms with Crippen molar-refractivity contribution in [1.82, 2.24) is 5.32 Å². The predicted molar refractivity (Wildman–Crippen MR) is 131 cm³/mol. The topological polar surface area (TPSA) is 12.0 Å². The number of benzene rings is 2. The van der Waals surface area contributed by atoms with Crippen LogP contribution < -0.4 is 5.32 Å². The van der Waals surface area contributed by atoms with Crippen LogP contribution in [0.4, 0.5) is 0 Å². The summed E-state index contributed by atoms with van der Waals surface area (Å²) >= 11 is 0. The molecule has 0 aliphatic heterocycles. The highest BCUT2D eigenvalue weighted by atomic mass is 14.8. The number of hydrogen-bond acceptors (Lipinski definition) is 1. The van der Waals surface area contributed by atoms with E-state index in [2.05, 4.69) is 77.7 Å². The van der Waals surface area contributed by atoms with Gasteiger partial charge in [0.05, 0.1) is 0 Å². The Bertz CT molecular complexity index is 562. The van der Waals surface area contributed by atoms with E-state index in [1.165, 1.54) is 55.2 Å². The van der Waals surface area contributed by atoms with Crippen molar-refractivity contribution in [3.63, 3.8) is 0 Å². The van der Waals surface area contributed by atoms with Crippen LogP contribution in [0.1, 0.15) is 82.9 Å². The molecule has 0 atom stereocenters. The molecule has 1 heteroatoms. The predicted octanol–water partition coefficient (Wildman–Crippen LogP) is 8.57. The molecule has 0 heterocycles. The minimum absolute atomic E-state index is 0.975. The number of rotatable bonds is 6. The molecule has 0 aliphatic rings. The van der Waals surface area contributed by atoms with Gasteiger partial charge in [0.15, 0.2) is 0 Å². The monoisotopic (exact) mass is 383 g/mol. The van der Waals surface area contributed by atoms with Crippen LogP contribution in [0, 0.1) is 13.8 Å². The Hall–Kier alpha value is -2.02. The largest absolute Gasteiger partial charge is 0.388 e. The lowest BCUT2D eigenvalue weighted by atomic mass is 10.1. The lowest BCUT2D eigenvalue weighted by molar-refractivity contribution is 0.772. The summed E-state index contributed by atoms with van der Waals surface area (Å²) in [7, 11) is 1.88. The first kappa shape index (κ1) is 28.2. The van der Waals surface area contributed by atoms with Crippen LogP contribution >= 0.6 is 0 Å². The summed E-state index contributed by atoms with van der Waals surface area (Å²) in [4.78, 5) is 0. The van der Waals surface area contributed by atoms with E-state index >= 15 is 0 Å². The Morgan fingerprint density at radius 2 is 1.14 bits per heavy atom. The average molecular weight is 384 g/mol. The summed E-state index contributed by atoms with van der Waals surface area (Å²) < 4.78 is 0. The van der Waals surface area contributed by atoms with E-state index in [1.54, 1.807) is 0 Å². The second-order valence-electron chi connectivity index (χ2n) is 6.91. The third kappa shape index (κ3) is 17.4. The molecule has 0 aliphatic carbocycles. The van der Waals surface area contributed by atoms with Gasteiger partial charge in [-0.2, -0.15) is 0 Å². The van der Waals surface area contributed by atoms with Gasteiger partial charge in [-0.1, -0.05) is 133 Å². The molecule has 2 rings (SSSR count). The van der Waals surface area contributed by atoms with Crippen molar-refractivity contribution in [1.29, 1.82) is 0 Å². The smallest absolute Gasteiger partial charge is 0.0340 e. The zero-order valence-corrected chi connectivity index (χ0v) is 19.6. The summed E-state index contributed by atoms with van der Waals surface area (Å²) in [5.41, 5.74) is 4.74. The first-order valence-electron chi connectivity index (χ1n) is 10.9. The molecule has 1 N–H and O–H groups in total. The Morgan fingerprint density at radius 3 is 1.43 bits per heavy atom. The van der Waals surface area contributed by atoms with Gasteiger partial charge in [-0.05, 0) is 25.0 Å². The molecule has 28 heavy (non-hydrogen) atoms. The van der Waals surface area contributed by atoms with Crippen molar-refractivity contribution in [2.45, 2.75) is 80.1 Å². The fourth-order valence-corrected chi connectivity index (χ4v) is 2.29. The molecular formula is C27H45N. The average Bonchev–Trinajstić information content (AvgIpc) is 2.71. The van der Waals surface area contributed by atoms with E-state index in [0.717, 1.165) is 5.70 Å². The highest BCUT2D eigenvalue weighted by Crippen LogP contribution is 2.13. The molecule has 0 amide bonds. The number of aryl methyl sites for hydroxylation is 2. The minimum atomic E-state index is 0.975. The van der Waals surface area contributed by atoms with Crippen LogP contribution in [0.2, 0.25) is 0 Å². The lowest BCUT2D eigenvalue weighted by Gasteiger charge is -2.07. The summed E-state index contributed by atoms with van der Waals surface area (Å²) in [6, 6.07) is 18.5. The van der Waals surface area contributed by atoms with Crippen molar-refractivity contribution < 1.29 is 0 Å². The van der Waals surface area contributed by atoms with E-state index in [4.69, 9.17) is 0 Å². The van der Waals surface area contributed by atoms with Crippen LogP contribution in [-0.4, -0.2) is 7.05 Å². The first-order chi connectivity index (χ1) is 13.5. The van der Waals surface area contributed by atoms with Crippen LogP contribution in [-0.2, 0) is 0 Å². The van der Waals surface area contributed by atoms with Gasteiger partial charge in [-0.25, -0.2) is 0 Å². The molecule has 0 saturated carbocycles. The van der Waals surface area contributed by atoms with E-state index in [9.17, 15) is 0 Å². The van der Waals surface area contributed by atoms with Gasteiger partial charge in [0.2, 0.25) is 0 Å². The SMILES string of the molecule is C=C(NC)c1ccccc1C.CCCCC.CCCCC.Cc1ccccc1. The van der Waals surface area contributed by atoms with Crippen molar-refractivity contribution in [3.8, 4) is 0 Å². The molecule has 158 valence electrons. The molecule has 1 nitrogen and oxygen atoms in total. The van der Waals surface area contributed by atoms with Gasteiger partial charge in [0.1, 0.15) is 0 Å². The van der Waals surface area contributed by atoms with Gasteiger partial charge in [-0.3, -0.25) is 0 Å². The zero-order valence-electron chi connectivity index (χ0n) is 19.6. The normalized spacial score (nSPS) is 8.82. The van der Waals surface area contributed by atoms with E-state index in [0.29, 0.717) is 0 Å². The van der Waals surface area contributed by atoms with Gasteiger partial charge >= 0.3 is 0 Å². The molecule has 0 fully saturated rings. The molecule has 0 bridgehead atoms. The lowest BCUT2D eigenvalue weighted by Crippen LogP contribution is -2.03. The maximum absolute atomic E-state index is 3.89. The summed E-state index contributed by atoms with van der Waals surface area (Å²) in [5.74, 6) is 0. The molecule has 2 aromatic carbocycles. The van der Waals surface area contributed by atoms with Crippen molar-refractivity contribution in [2.75, 3.05) is 7.05 Å². The zero-order chi connectivity index (χ0) is 21.6. The third-order valence-electron chi connectivity index (χ3n) is 4.13. The second-order valence-corrected chi connectivity index (χ2v) is 6.91. The van der Waals surface area contributed by atoms with Crippen LogP contribution in [0.5, 0.6) is 0 Å². The summed E-state index contributed by atoms with van der Waals surface area (Å²) in [6.07, 6.45) is 8.15. The Balaban J connectivity index is 0. The molecule has 0 unspecified atom stereocenters. The second kappa shape index (κ2) is 21.3. The van der Waals surface area contributed by atoms with Crippen LogP contribution in [0.3, 0.4) is 0 Å². The maximum atomic E-state index is 3.89. The van der Waals surface area contributed by atoms with Gasteiger partial charge in [0.25, 0.3) is 0 Å². The molecule has 0 saturated heterocycles. The van der Waals surface area contributed by atoms with Crippen LogP contribution in [0.15, 0.2) is 61.2 Å². The van der Waals surface area contributed by atoms with Gasteiger partial charge in [0, 0.05) is 12.7 Å². The van der Waals surface area contributed by atoms with Gasteiger partial charge < -0.3 is 5.32 Å². The minimum Gasteiger partial charge on any atom is -0.388 e. The third-order valence-corrected chi connectivity index (χ3v) is 4.13. The Labute approximate surface area is 176 Å². The molecule has 2 aromatic rings. The fraction of sp³-hybridized carbons (Fsp3) is 0.481. The van der Waals surface area contributed by atoms with Crippen molar-refractivity contribution in [3.05, 3.63) is 77.9 Å². The van der Waals surface area contributed by atoms with E-state index in [1.807, 2.05) is 37.4 Å². The van der Waals surface area contributed by atoms with Crippen molar-refractivity contribution in [2.24, 2.45) is 0 Å². The fourth-order valence-electron chi connectivity index (χ4n) is 2.29. The highest BCUT2D eigenvalue weighted by molar-refractivity contribution is 5.64. The van der Waals surface area contributed by atoms with Crippen LogP contribution in [0.25, 0.3) is 5.70 Å². The Morgan fingerprint density at radius 1 is 0.714 bits per heavy atom. The quantitative estimate of drug-likeness (QED) is 0.526. The summed E-state index contributed by atoms with van der Waals surface area (Å²) in [6.45, 7) is 16.9. The summed E-state index contributed by atoms with van der Waals surface area (Å²) in [5, 5.41) is 3.03. The number of hydrogen-bond donors (Lipinski definition) is 1. The standard InChI is InChI=1S/C10H13N.C7H8.2C5H12/c1-8-6-4-5-7-10(8)9(2)11-3;1-7-5-3-2-4-6-7;2*1-3-5-4-2/h4-7,11H,2H2,1,3H3;2-6H,1H3;2*3-5H2,1-2H3. The van der Waals surface area contributed by atoms with Gasteiger partial charge in [-0.15, -0.1) is 0 Å². The maximum Gasteiger partial charge on any atom is 0.0340 e. The highest BCUT2D eigenvalue weighted by Gasteiger charge is 1.97. The number of nitrogens with one attached hydrogen (secondary N) is 1.